The van der Waals surface area contributed by atoms with Crippen molar-refractivity contribution in [2.45, 2.75) is 91.9 Å². The van der Waals surface area contributed by atoms with E-state index in [4.69, 9.17) is 4.74 Å². The summed E-state index contributed by atoms with van der Waals surface area (Å²) < 4.78 is 4.80. The molecule has 0 fully saturated rings. The van der Waals surface area contributed by atoms with Crippen molar-refractivity contribution in [2.75, 3.05) is 13.2 Å². The van der Waals surface area contributed by atoms with E-state index >= 15 is 0 Å². The molecule has 0 atom stereocenters. The van der Waals surface area contributed by atoms with Gasteiger partial charge in [-0.05, 0) is 25.2 Å². The van der Waals surface area contributed by atoms with Gasteiger partial charge in [0.25, 0.3) is 0 Å². The molecule has 1 N–H and O–H groups in total. The van der Waals surface area contributed by atoms with Gasteiger partial charge in [-0.3, -0.25) is 0 Å². The van der Waals surface area contributed by atoms with Crippen molar-refractivity contribution >= 4 is 6.09 Å². The standard InChI is InChI=1S/C18H37NO2/c1-5-21-17(20)19-16-14-12-10-8-6-7-9-11-13-15-18(2,3)4/h5-16H2,1-4H3,(H,19,20). The van der Waals surface area contributed by atoms with E-state index in [-0.39, 0.29) is 6.09 Å². The topological polar surface area (TPSA) is 38.3 Å². The predicted octanol–water partition coefficient (Wildman–Crippen LogP) is 5.68. The number of ether oxygens (including phenoxy) is 1. The molecule has 0 radical (unpaired) electrons. The van der Waals surface area contributed by atoms with Gasteiger partial charge >= 0.3 is 6.09 Å². The molecule has 3 heteroatoms. The van der Waals surface area contributed by atoms with Gasteiger partial charge in [-0.2, -0.15) is 0 Å². The van der Waals surface area contributed by atoms with Crippen LogP contribution >= 0.6 is 0 Å². The second-order valence-electron chi connectivity index (χ2n) is 7.14. The van der Waals surface area contributed by atoms with Crippen molar-refractivity contribution in [2.24, 2.45) is 5.41 Å². The average Bonchev–Trinajstić information content (AvgIpc) is 2.39. The maximum Gasteiger partial charge on any atom is 0.407 e. The fourth-order valence-electron chi connectivity index (χ4n) is 2.39. The molecule has 3 nitrogen and oxygen atoms in total. The molecule has 0 spiro atoms. The van der Waals surface area contributed by atoms with Crippen molar-refractivity contribution in [3.63, 3.8) is 0 Å². The Hall–Kier alpha value is -0.730. The smallest absolute Gasteiger partial charge is 0.407 e. The zero-order valence-corrected chi connectivity index (χ0v) is 14.8. The lowest BCUT2D eigenvalue weighted by atomic mass is 9.89. The van der Waals surface area contributed by atoms with Crippen LogP contribution in [0, 0.1) is 5.41 Å². The summed E-state index contributed by atoms with van der Waals surface area (Å²) in [4.78, 5) is 11.0. The number of hydrogen-bond donors (Lipinski definition) is 1. The summed E-state index contributed by atoms with van der Waals surface area (Å²) in [5.41, 5.74) is 0.498. The van der Waals surface area contributed by atoms with Crippen LogP contribution in [-0.4, -0.2) is 19.2 Å². The maximum absolute atomic E-state index is 11.0. The molecule has 0 bridgehead atoms. The molecule has 126 valence electrons. The van der Waals surface area contributed by atoms with Crippen LogP contribution in [0.2, 0.25) is 0 Å². The molecule has 0 aliphatic rings. The van der Waals surface area contributed by atoms with E-state index in [0.29, 0.717) is 12.0 Å². The van der Waals surface area contributed by atoms with Gasteiger partial charge in [0.15, 0.2) is 0 Å². The first-order valence-corrected chi connectivity index (χ1v) is 8.86. The monoisotopic (exact) mass is 299 g/mol. The number of hydrogen-bond acceptors (Lipinski definition) is 2. The third-order valence-electron chi connectivity index (χ3n) is 3.65. The summed E-state index contributed by atoms with van der Waals surface area (Å²) in [5.74, 6) is 0. The van der Waals surface area contributed by atoms with E-state index in [1.165, 1.54) is 57.8 Å². The largest absolute Gasteiger partial charge is 0.450 e. The van der Waals surface area contributed by atoms with Crippen LogP contribution in [0.3, 0.4) is 0 Å². The molecular formula is C18H37NO2. The highest BCUT2D eigenvalue weighted by molar-refractivity contribution is 5.66. The number of carbonyl (C=O) groups excluding carboxylic acids is 1. The highest BCUT2D eigenvalue weighted by atomic mass is 16.5. The van der Waals surface area contributed by atoms with Crippen molar-refractivity contribution in [3.8, 4) is 0 Å². The van der Waals surface area contributed by atoms with Gasteiger partial charge in [-0.1, -0.05) is 72.1 Å². The van der Waals surface area contributed by atoms with Gasteiger partial charge in [0, 0.05) is 6.54 Å². The SMILES string of the molecule is CCOC(=O)NCCCCCCCCCCCC(C)(C)C. The fraction of sp³-hybridized carbons (Fsp3) is 0.944. The Bertz CT molecular complexity index is 246. The van der Waals surface area contributed by atoms with E-state index in [0.717, 1.165) is 13.0 Å². The van der Waals surface area contributed by atoms with Crippen molar-refractivity contribution in [1.29, 1.82) is 0 Å². The minimum atomic E-state index is -0.284. The predicted molar refractivity (Wildman–Crippen MR) is 90.6 cm³/mol. The number of rotatable bonds is 12. The van der Waals surface area contributed by atoms with Gasteiger partial charge in [0.05, 0.1) is 6.61 Å². The molecule has 0 rings (SSSR count). The van der Waals surface area contributed by atoms with Gasteiger partial charge in [-0.25, -0.2) is 4.79 Å². The first-order chi connectivity index (χ1) is 9.95. The molecule has 1 amide bonds. The number of alkyl carbamates (subject to hydrolysis) is 1. The van der Waals surface area contributed by atoms with Crippen molar-refractivity contribution in [1.82, 2.24) is 5.32 Å². The Morgan fingerprint density at radius 1 is 0.857 bits per heavy atom. The van der Waals surface area contributed by atoms with Crippen LogP contribution < -0.4 is 5.32 Å². The van der Waals surface area contributed by atoms with E-state index < -0.39 is 0 Å². The molecule has 0 aliphatic heterocycles. The summed E-state index contributed by atoms with van der Waals surface area (Å²) in [6.45, 7) is 9.98. The molecule has 0 saturated heterocycles. The molecule has 21 heavy (non-hydrogen) atoms. The van der Waals surface area contributed by atoms with Crippen LogP contribution in [0.4, 0.5) is 4.79 Å². The second kappa shape index (κ2) is 13.0. The summed E-state index contributed by atoms with van der Waals surface area (Å²) in [6.07, 6.45) is 12.8. The Balaban J connectivity index is 3.11. The highest BCUT2D eigenvalue weighted by Crippen LogP contribution is 2.22. The summed E-state index contributed by atoms with van der Waals surface area (Å²) in [6, 6.07) is 0. The zero-order chi connectivity index (χ0) is 16.0. The number of amides is 1. The number of unbranched alkanes of at least 4 members (excludes halogenated alkanes) is 8. The Kier molecular flexibility index (Phi) is 12.5. The van der Waals surface area contributed by atoms with Gasteiger partial charge in [0.1, 0.15) is 0 Å². The van der Waals surface area contributed by atoms with Gasteiger partial charge in [-0.15, -0.1) is 0 Å². The second-order valence-corrected chi connectivity index (χ2v) is 7.14. The lowest BCUT2D eigenvalue weighted by molar-refractivity contribution is 0.152. The number of nitrogens with one attached hydrogen (secondary N) is 1. The first kappa shape index (κ1) is 20.3. The van der Waals surface area contributed by atoms with E-state index in [1.54, 1.807) is 0 Å². The normalized spacial score (nSPS) is 11.4. The summed E-state index contributed by atoms with van der Waals surface area (Å²) >= 11 is 0. The molecular weight excluding hydrogens is 262 g/mol. The summed E-state index contributed by atoms with van der Waals surface area (Å²) in [7, 11) is 0. The molecule has 0 aromatic heterocycles. The van der Waals surface area contributed by atoms with Crippen LogP contribution in [-0.2, 0) is 4.74 Å². The van der Waals surface area contributed by atoms with E-state index in [1.807, 2.05) is 6.92 Å². The minimum Gasteiger partial charge on any atom is -0.450 e. The lowest BCUT2D eigenvalue weighted by Crippen LogP contribution is -2.25. The fourth-order valence-corrected chi connectivity index (χ4v) is 2.39. The lowest BCUT2D eigenvalue weighted by Gasteiger charge is -2.17. The Morgan fingerprint density at radius 3 is 1.81 bits per heavy atom. The minimum absolute atomic E-state index is 0.284. The van der Waals surface area contributed by atoms with Crippen LogP contribution in [0.1, 0.15) is 91.9 Å². The summed E-state index contributed by atoms with van der Waals surface area (Å²) in [5, 5.41) is 2.76. The van der Waals surface area contributed by atoms with Crippen LogP contribution in [0.5, 0.6) is 0 Å². The first-order valence-electron chi connectivity index (χ1n) is 8.86. The third-order valence-corrected chi connectivity index (χ3v) is 3.65. The Morgan fingerprint density at radius 2 is 1.33 bits per heavy atom. The molecule has 0 aromatic carbocycles. The maximum atomic E-state index is 11.0. The van der Waals surface area contributed by atoms with E-state index in [2.05, 4.69) is 26.1 Å². The average molecular weight is 299 g/mol. The van der Waals surface area contributed by atoms with Crippen LogP contribution in [0.15, 0.2) is 0 Å². The Labute approximate surface area is 132 Å². The molecule has 0 aromatic rings. The van der Waals surface area contributed by atoms with Crippen molar-refractivity contribution in [3.05, 3.63) is 0 Å². The van der Waals surface area contributed by atoms with Crippen LogP contribution in [0.25, 0.3) is 0 Å². The number of carbonyl (C=O) groups is 1. The molecule has 0 unspecified atom stereocenters. The van der Waals surface area contributed by atoms with Gasteiger partial charge in [0.2, 0.25) is 0 Å². The van der Waals surface area contributed by atoms with Gasteiger partial charge < -0.3 is 10.1 Å². The zero-order valence-electron chi connectivity index (χ0n) is 14.8. The third kappa shape index (κ3) is 17.2. The quantitative estimate of drug-likeness (QED) is 0.471. The van der Waals surface area contributed by atoms with Crippen molar-refractivity contribution < 1.29 is 9.53 Å². The molecule has 0 saturated carbocycles. The highest BCUT2D eigenvalue weighted by Gasteiger charge is 2.08. The molecule has 0 heterocycles. The molecule has 0 aliphatic carbocycles. The van der Waals surface area contributed by atoms with E-state index in [9.17, 15) is 4.79 Å².